The average Bonchev–Trinajstić information content (AvgIpc) is 2.94. The summed E-state index contributed by atoms with van der Waals surface area (Å²) in [6, 6.07) is 22.2. The molecule has 0 spiro atoms. The fraction of sp³-hybridized carbons (Fsp3) is 0.355. The van der Waals surface area contributed by atoms with Gasteiger partial charge in [-0.3, -0.25) is 9.59 Å². The second kappa shape index (κ2) is 15.0. The summed E-state index contributed by atoms with van der Waals surface area (Å²) in [6.07, 6.45) is 5.79. The monoisotopic (exact) mass is 602 g/mol. The molecule has 1 atom stereocenters. The van der Waals surface area contributed by atoms with Gasteiger partial charge in [-0.2, -0.15) is 0 Å². The van der Waals surface area contributed by atoms with E-state index in [0.717, 1.165) is 42.4 Å². The molecule has 0 radical (unpaired) electrons. The van der Waals surface area contributed by atoms with E-state index in [0.29, 0.717) is 27.2 Å². The number of carbonyl (C=O) groups excluding carboxylic acids is 2. The highest BCUT2D eigenvalue weighted by Crippen LogP contribution is 2.26. The first-order valence-electron chi connectivity index (χ1n) is 13.3. The molecule has 1 aliphatic rings. The van der Waals surface area contributed by atoms with Crippen molar-refractivity contribution in [3.63, 3.8) is 0 Å². The van der Waals surface area contributed by atoms with Crippen LogP contribution in [0.5, 0.6) is 0 Å². The van der Waals surface area contributed by atoms with Gasteiger partial charge in [-0.15, -0.1) is 11.8 Å². The van der Waals surface area contributed by atoms with Crippen LogP contribution >= 0.6 is 46.6 Å². The van der Waals surface area contributed by atoms with E-state index >= 15 is 0 Å². The van der Waals surface area contributed by atoms with E-state index < -0.39 is 6.04 Å². The van der Waals surface area contributed by atoms with Crippen molar-refractivity contribution in [1.82, 2.24) is 10.2 Å². The number of halogens is 3. The van der Waals surface area contributed by atoms with Crippen LogP contribution in [0.4, 0.5) is 0 Å². The molecule has 2 amide bonds. The molecule has 206 valence electrons. The lowest BCUT2D eigenvalue weighted by Gasteiger charge is -2.33. The van der Waals surface area contributed by atoms with Crippen LogP contribution in [0, 0.1) is 0 Å². The Labute approximate surface area is 250 Å². The third-order valence-corrected chi connectivity index (χ3v) is 8.94. The fourth-order valence-electron chi connectivity index (χ4n) is 4.88. The zero-order chi connectivity index (χ0) is 27.6. The van der Waals surface area contributed by atoms with Gasteiger partial charge in [0.05, 0.1) is 5.75 Å². The second-order valence-corrected chi connectivity index (χ2v) is 12.1. The minimum Gasteiger partial charge on any atom is -0.352 e. The lowest BCUT2D eigenvalue weighted by atomic mass is 9.94. The molecule has 4 nitrogen and oxygen atoms in total. The number of nitrogens with one attached hydrogen (secondary N) is 1. The van der Waals surface area contributed by atoms with E-state index in [1.807, 2.05) is 60.7 Å². The van der Waals surface area contributed by atoms with Gasteiger partial charge in [0.15, 0.2) is 0 Å². The topological polar surface area (TPSA) is 49.4 Å². The Morgan fingerprint density at radius 3 is 2.31 bits per heavy atom. The molecule has 0 aliphatic heterocycles. The van der Waals surface area contributed by atoms with E-state index in [2.05, 4.69) is 5.32 Å². The van der Waals surface area contributed by atoms with Crippen molar-refractivity contribution in [1.29, 1.82) is 0 Å². The first-order valence-corrected chi connectivity index (χ1v) is 15.6. The van der Waals surface area contributed by atoms with Gasteiger partial charge in [0.25, 0.3) is 0 Å². The Morgan fingerprint density at radius 2 is 1.59 bits per heavy atom. The number of hydrogen-bond acceptors (Lipinski definition) is 3. The lowest BCUT2D eigenvalue weighted by molar-refractivity contribution is -0.139. The van der Waals surface area contributed by atoms with Gasteiger partial charge in [0.2, 0.25) is 11.8 Å². The van der Waals surface area contributed by atoms with Crippen molar-refractivity contribution < 1.29 is 9.59 Å². The SMILES string of the molecule is O=C(NC1CCCCC1)C(Cc1ccccc1)N(Cc1ccccc1Cl)C(=O)CSCc1ccc(Cl)cc1Cl. The first-order chi connectivity index (χ1) is 18.9. The van der Waals surface area contributed by atoms with E-state index in [1.54, 1.807) is 17.0 Å². The molecule has 0 saturated heterocycles. The van der Waals surface area contributed by atoms with E-state index in [1.165, 1.54) is 18.2 Å². The molecule has 3 aromatic carbocycles. The summed E-state index contributed by atoms with van der Waals surface area (Å²) < 4.78 is 0. The maximum Gasteiger partial charge on any atom is 0.243 e. The largest absolute Gasteiger partial charge is 0.352 e. The van der Waals surface area contributed by atoms with Crippen molar-refractivity contribution in [2.24, 2.45) is 0 Å². The molecule has 0 heterocycles. The van der Waals surface area contributed by atoms with Crippen LogP contribution in [0.2, 0.25) is 15.1 Å². The molecule has 1 fully saturated rings. The number of carbonyl (C=O) groups is 2. The van der Waals surface area contributed by atoms with Gasteiger partial charge >= 0.3 is 0 Å². The average molecular weight is 604 g/mol. The van der Waals surface area contributed by atoms with Crippen LogP contribution in [-0.2, 0) is 28.3 Å². The predicted molar refractivity (Wildman–Crippen MR) is 164 cm³/mol. The first kappa shape index (κ1) is 29.8. The highest BCUT2D eigenvalue weighted by atomic mass is 35.5. The zero-order valence-electron chi connectivity index (χ0n) is 21.8. The molecule has 0 bridgehead atoms. The molecule has 1 saturated carbocycles. The van der Waals surface area contributed by atoms with Gasteiger partial charge in [-0.05, 0) is 47.7 Å². The number of benzene rings is 3. The Hall–Kier alpha value is -2.18. The van der Waals surface area contributed by atoms with Crippen LogP contribution in [0.3, 0.4) is 0 Å². The summed E-state index contributed by atoms with van der Waals surface area (Å²) in [5, 5.41) is 4.98. The molecular weight excluding hydrogens is 571 g/mol. The number of rotatable bonds is 11. The fourth-order valence-corrected chi connectivity index (χ4v) is 6.54. The normalized spacial score (nSPS) is 14.5. The molecular formula is C31H33Cl3N2O2S. The van der Waals surface area contributed by atoms with Crippen molar-refractivity contribution in [3.8, 4) is 0 Å². The van der Waals surface area contributed by atoms with Crippen LogP contribution in [0.1, 0.15) is 48.8 Å². The predicted octanol–water partition coefficient (Wildman–Crippen LogP) is 7.97. The van der Waals surface area contributed by atoms with Gasteiger partial charge in [-0.1, -0.05) is 109 Å². The van der Waals surface area contributed by atoms with Crippen LogP contribution in [0.25, 0.3) is 0 Å². The molecule has 0 aromatic heterocycles. The molecule has 3 aromatic rings. The van der Waals surface area contributed by atoms with Gasteiger partial charge in [0, 0.05) is 39.8 Å². The molecule has 4 rings (SSSR count). The summed E-state index contributed by atoms with van der Waals surface area (Å²) >= 11 is 20.4. The van der Waals surface area contributed by atoms with Crippen LogP contribution in [0.15, 0.2) is 72.8 Å². The summed E-state index contributed by atoms with van der Waals surface area (Å²) in [5.74, 6) is 0.520. The van der Waals surface area contributed by atoms with Crippen molar-refractivity contribution in [2.45, 2.75) is 62.9 Å². The number of thioether (sulfide) groups is 1. The lowest BCUT2D eigenvalue weighted by Crippen LogP contribution is -2.53. The highest BCUT2D eigenvalue weighted by Gasteiger charge is 2.32. The molecule has 1 aliphatic carbocycles. The van der Waals surface area contributed by atoms with Gasteiger partial charge in [-0.25, -0.2) is 0 Å². The minimum absolute atomic E-state index is 0.114. The number of nitrogens with zero attached hydrogens (tertiary/aromatic N) is 1. The Kier molecular flexibility index (Phi) is 11.5. The number of amides is 2. The molecule has 8 heteroatoms. The zero-order valence-corrected chi connectivity index (χ0v) is 24.8. The second-order valence-electron chi connectivity index (χ2n) is 9.89. The minimum atomic E-state index is -0.669. The number of hydrogen-bond donors (Lipinski definition) is 1. The third kappa shape index (κ3) is 8.91. The van der Waals surface area contributed by atoms with E-state index in [9.17, 15) is 9.59 Å². The van der Waals surface area contributed by atoms with Gasteiger partial charge in [0.1, 0.15) is 6.04 Å². The standard InChI is InChI=1S/C31H33Cl3N2O2S/c32-25-16-15-24(28(34)18-25)20-39-21-30(37)36(19-23-11-7-8-14-27(23)33)29(17-22-9-3-1-4-10-22)31(38)35-26-12-5-2-6-13-26/h1,3-4,7-11,14-16,18,26,29H,2,5-6,12-13,17,19-21H2,(H,35,38). The quantitative estimate of drug-likeness (QED) is 0.242. The summed E-state index contributed by atoms with van der Waals surface area (Å²) in [5.41, 5.74) is 2.72. The summed E-state index contributed by atoms with van der Waals surface area (Å²) in [4.78, 5) is 29.4. The maximum atomic E-state index is 13.8. The van der Waals surface area contributed by atoms with E-state index in [-0.39, 0.29) is 30.2 Å². The highest BCUT2D eigenvalue weighted by molar-refractivity contribution is 7.99. The molecule has 1 N–H and O–H groups in total. The Bertz CT molecular complexity index is 1250. The Balaban J connectivity index is 1.57. The maximum absolute atomic E-state index is 13.8. The summed E-state index contributed by atoms with van der Waals surface area (Å²) in [7, 11) is 0. The van der Waals surface area contributed by atoms with Crippen molar-refractivity contribution >= 4 is 58.4 Å². The van der Waals surface area contributed by atoms with Crippen molar-refractivity contribution in [2.75, 3.05) is 5.75 Å². The summed E-state index contributed by atoms with van der Waals surface area (Å²) in [6.45, 7) is 0.246. The van der Waals surface area contributed by atoms with E-state index in [4.69, 9.17) is 34.8 Å². The molecule has 1 unspecified atom stereocenters. The Morgan fingerprint density at radius 1 is 0.872 bits per heavy atom. The third-order valence-electron chi connectivity index (χ3n) is 7.02. The smallest absolute Gasteiger partial charge is 0.243 e. The van der Waals surface area contributed by atoms with Gasteiger partial charge < -0.3 is 10.2 Å². The van der Waals surface area contributed by atoms with Crippen LogP contribution < -0.4 is 5.32 Å². The van der Waals surface area contributed by atoms with Crippen molar-refractivity contribution in [3.05, 3.63) is 105 Å². The van der Waals surface area contributed by atoms with Crippen LogP contribution in [-0.4, -0.2) is 34.6 Å². The molecule has 39 heavy (non-hydrogen) atoms.